The van der Waals surface area contributed by atoms with Crippen LogP contribution in [0.25, 0.3) is 0 Å². The molecule has 86 valence electrons. The number of hydrogen-bond acceptors (Lipinski definition) is 6. The van der Waals surface area contributed by atoms with Crippen LogP contribution in [0, 0.1) is 0 Å². The summed E-state index contributed by atoms with van der Waals surface area (Å²) in [6.45, 7) is 0.209. The monoisotopic (exact) mass is 225 g/mol. The first-order valence-corrected chi connectivity index (χ1v) is 5.00. The number of ether oxygens (including phenoxy) is 2. The molecule has 0 aromatic carbocycles. The third kappa shape index (κ3) is 1.29. The maximum Gasteiger partial charge on any atom is 0.354 e. The van der Waals surface area contributed by atoms with Gasteiger partial charge in [-0.15, -0.1) is 0 Å². The van der Waals surface area contributed by atoms with Gasteiger partial charge in [0.25, 0.3) is 0 Å². The molecule has 2 aliphatic rings. The molecule has 0 spiro atoms. The molecule has 3 rings (SSSR count). The largest absolute Gasteiger partial charge is 0.476 e. The lowest BCUT2D eigenvalue weighted by molar-refractivity contribution is -0.0214. The molecule has 1 aromatic heterocycles. The molecule has 1 fully saturated rings. The SMILES string of the molecule is Nc1cc2n(c(=O)n1)[C@H]1C[C@@H](O)[C@@H](CO2)O1. The van der Waals surface area contributed by atoms with Crippen molar-refractivity contribution in [3.05, 3.63) is 16.6 Å². The van der Waals surface area contributed by atoms with Crippen molar-refractivity contribution < 1.29 is 14.6 Å². The van der Waals surface area contributed by atoms with Crippen LogP contribution in [0.5, 0.6) is 5.88 Å². The number of rotatable bonds is 0. The van der Waals surface area contributed by atoms with Crippen LogP contribution in [-0.2, 0) is 4.74 Å². The number of aliphatic hydroxyl groups is 1. The van der Waals surface area contributed by atoms with E-state index in [-0.39, 0.29) is 12.4 Å². The molecule has 3 atom stereocenters. The minimum absolute atomic E-state index is 0.120. The molecule has 2 bridgehead atoms. The van der Waals surface area contributed by atoms with E-state index < -0.39 is 24.1 Å². The van der Waals surface area contributed by atoms with Crippen molar-refractivity contribution in [2.45, 2.75) is 24.9 Å². The standard InChI is InChI=1S/C9H11N3O4/c10-6-2-7-12(9(14)11-6)8-1-4(13)5(16-8)3-15-7/h2,4-5,8,13H,1,3H2,(H2,10,11,14)/t4-,5-,8-/m1/s1. The molecule has 0 saturated carbocycles. The summed E-state index contributed by atoms with van der Waals surface area (Å²) in [6.07, 6.45) is -1.15. The number of nitrogen functional groups attached to an aromatic ring is 1. The summed E-state index contributed by atoms with van der Waals surface area (Å²) in [7, 11) is 0. The molecule has 0 unspecified atom stereocenters. The Morgan fingerprint density at radius 3 is 3.25 bits per heavy atom. The van der Waals surface area contributed by atoms with Crippen molar-refractivity contribution in [3.8, 4) is 5.88 Å². The fourth-order valence-corrected chi connectivity index (χ4v) is 2.05. The fraction of sp³-hybridized carbons (Fsp3) is 0.556. The topological polar surface area (TPSA) is 99.6 Å². The predicted molar refractivity (Wildman–Crippen MR) is 52.9 cm³/mol. The van der Waals surface area contributed by atoms with Crippen molar-refractivity contribution in [1.29, 1.82) is 0 Å². The van der Waals surface area contributed by atoms with Crippen molar-refractivity contribution in [1.82, 2.24) is 9.55 Å². The van der Waals surface area contributed by atoms with Crippen LogP contribution >= 0.6 is 0 Å². The summed E-state index contributed by atoms with van der Waals surface area (Å²) in [5, 5.41) is 9.63. The van der Waals surface area contributed by atoms with E-state index in [1.54, 1.807) is 0 Å². The molecule has 1 aromatic rings. The van der Waals surface area contributed by atoms with Gasteiger partial charge in [0.2, 0.25) is 5.88 Å². The predicted octanol–water partition coefficient (Wildman–Crippen LogP) is -1.13. The van der Waals surface area contributed by atoms with E-state index in [1.807, 2.05) is 0 Å². The summed E-state index contributed by atoms with van der Waals surface area (Å²) in [5.74, 6) is 0.464. The molecule has 3 N–H and O–H groups in total. The number of nitrogens with two attached hydrogens (primary N) is 1. The van der Waals surface area contributed by atoms with Gasteiger partial charge in [0.1, 0.15) is 24.8 Å². The Labute approximate surface area is 90.4 Å². The second-order valence-corrected chi connectivity index (χ2v) is 3.92. The van der Waals surface area contributed by atoms with Crippen LogP contribution in [0.3, 0.4) is 0 Å². The van der Waals surface area contributed by atoms with Gasteiger partial charge in [-0.3, -0.25) is 0 Å². The van der Waals surface area contributed by atoms with E-state index >= 15 is 0 Å². The van der Waals surface area contributed by atoms with Crippen molar-refractivity contribution in [3.63, 3.8) is 0 Å². The van der Waals surface area contributed by atoms with Crippen LogP contribution in [0.15, 0.2) is 10.9 Å². The Morgan fingerprint density at radius 2 is 2.44 bits per heavy atom. The third-order valence-electron chi connectivity index (χ3n) is 2.83. The second-order valence-electron chi connectivity index (χ2n) is 3.92. The van der Waals surface area contributed by atoms with Gasteiger partial charge in [-0.05, 0) is 0 Å². The van der Waals surface area contributed by atoms with Gasteiger partial charge < -0.3 is 20.3 Å². The summed E-state index contributed by atoms with van der Waals surface area (Å²) < 4.78 is 12.1. The van der Waals surface area contributed by atoms with Gasteiger partial charge in [-0.1, -0.05) is 0 Å². The zero-order chi connectivity index (χ0) is 11.3. The highest BCUT2D eigenvalue weighted by atomic mass is 16.6. The Kier molecular flexibility index (Phi) is 1.92. The third-order valence-corrected chi connectivity index (χ3v) is 2.83. The average Bonchev–Trinajstić information content (AvgIpc) is 2.43. The Morgan fingerprint density at radius 1 is 1.62 bits per heavy atom. The van der Waals surface area contributed by atoms with E-state index in [0.29, 0.717) is 12.3 Å². The zero-order valence-electron chi connectivity index (χ0n) is 8.37. The molecule has 0 aliphatic carbocycles. The summed E-state index contributed by atoms with van der Waals surface area (Å²) in [6, 6.07) is 1.48. The fourth-order valence-electron chi connectivity index (χ4n) is 2.05. The molecule has 3 heterocycles. The van der Waals surface area contributed by atoms with Gasteiger partial charge in [0, 0.05) is 12.5 Å². The summed E-state index contributed by atoms with van der Waals surface area (Å²) in [4.78, 5) is 15.3. The van der Waals surface area contributed by atoms with Crippen LogP contribution in [-0.4, -0.2) is 33.5 Å². The van der Waals surface area contributed by atoms with Crippen molar-refractivity contribution >= 4 is 5.82 Å². The van der Waals surface area contributed by atoms with Gasteiger partial charge in [-0.2, -0.15) is 4.98 Å². The number of aliphatic hydroxyl groups excluding tert-OH is 1. The molecule has 16 heavy (non-hydrogen) atoms. The van der Waals surface area contributed by atoms with Gasteiger partial charge in [0.05, 0.1) is 6.10 Å². The molecule has 0 radical (unpaired) electrons. The number of aromatic nitrogens is 2. The van der Waals surface area contributed by atoms with E-state index in [9.17, 15) is 9.90 Å². The van der Waals surface area contributed by atoms with Crippen molar-refractivity contribution in [2.24, 2.45) is 0 Å². The number of hydrogen-bond donors (Lipinski definition) is 2. The Bertz CT molecular complexity index is 486. The Hall–Kier alpha value is -1.60. The zero-order valence-corrected chi connectivity index (χ0v) is 8.37. The van der Waals surface area contributed by atoms with Crippen LogP contribution in [0.2, 0.25) is 0 Å². The quantitative estimate of drug-likeness (QED) is 0.579. The van der Waals surface area contributed by atoms with E-state index in [4.69, 9.17) is 15.2 Å². The molecular weight excluding hydrogens is 214 g/mol. The van der Waals surface area contributed by atoms with Crippen LogP contribution in [0.4, 0.5) is 5.82 Å². The number of nitrogens with zero attached hydrogens (tertiary/aromatic N) is 2. The normalized spacial score (nSPS) is 31.7. The molecule has 1 saturated heterocycles. The molecular formula is C9H11N3O4. The second kappa shape index (κ2) is 3.19. The van der Waals surface area contributed by atoms with Gasteiger partial charge in [-0.25, -0.2) is 9.36 Å². The molecule has 0 amide bonds. The van der Waals surface area contributed by atoms with Crippen LogP contribution in [0.1, 0.15) is 12.6 Å². The average molecular weight is 225 g/mol. The molecule has 2 aliphatic heterocycles. The lowest BCUT2D eigenvalue weighted by Crippen LogP contribution is -2.30. The highest BCUT2D eigenvalue weighted by Crippen LogP contribution is 2.33. The van der Waals surface area contributed by atoms with Gasteiger partial charge in [0.15, 0.2) is 0 Å². The highest BCUT2D eigenvalue weighted by Gasteiger charge is 2.39. The van der Waals surface area contributed by atoms with E-state index in [2.05, 4.69) is 4.98 Å². The van der Waals surface area contributed by atoms with Crippen LogP contribution < -0.4 is 16.2 Å². The summed E-state index contributed by atoms with van der Waals surface area (Å²) >= 11 is 0. The molecule has 7 heteroatoms. The minimum Gasteiger partial charge on any atom is -0.476 e. The highest BCUT2D eigenvalue weighted by molar-refractivity contribution is 5.32. The lowest BCUT2D eigenvalue weighted by Gasteiger charge is -2.16. The maximum absolute atomic E-state index is 11.7. The first kappa shape index (κ1) is 9.61. The van der Waals surface area contributed by atoms with E-state index in [0.717, 1.165) is 0 Å². The minimum atomic E-state index is -0.609. The summed E-state index contributed by atoms with van der Waals surface area (Å²) in [5.41, 5.74) is 4.95. The smallest absolute Gasteiger partial charge is 0.354 e. The van der Waals surface area contributed by atoms with E-state index in [1.165, 1.54) is 10.6 Å². The maximum atomic E-state index is 11.7. The lowest BCUT2D eigenvalue weighted by atomic mass is 10.2. The number of fused-ring (bicyclic) bond motifs is 4. The van der Waals surface area contributed by atoms with Gasteiger partial charge >= 0.3 is 5.69 Å². The Balaban J connectivity index is 2.14. The number of anilines is 1. The first-order valence-electron chi connectivity index (χ1n) is 5.00. The first-order chi connectivity index (χ1) is 7.65. The van der Waals surface area contributed by atoms with Crippen molar-refractivity contribution in [2.75, 3.05) is 12.3 Å². The molecule has 7 nitrogen and oxygen atoms in total.